The van der Waals surface area contributed by atoms with Gasteiger partial charge >= 0.3 is 0 Å². The molecule has 1 atom stereocenters. The Bertz CT molecular complexity index is 871. The number of nitrogens with zero attached hydrogens (tertiary/aromatic N) is 2. The van der Waals surface area contributed by atoms with Crippen LogP contribution in [0.1, 0.15) is 68.9 Å². The number of benzene rings is 1. The number of unbranched alkanes of at least 4 members (excludes halogenated alkanes) is 1. The van der Waals surface area contributed by atoms with Crippen molar-refractivity contribution in [2.45, 2.75) is 77.9 Å². The van der Waals surface area contributed by atoms with Gasteiger partial charge < -0.3 is 19.5 Å². The molecular formula is C25H38FN3O2. The van der Waals surface area contributed by atoms with Gasteiger partial charge in [0.05, 0.1) is 5.52 Å². The zero-order valence-corrected chi connectivity index (χ0v) is 19.5. The number of hydrogen-bond acceptors (Lipinski definition) is 3. The Morgan fingerprint density at radius 3 is 2.81 bits per heavy atom. The number of ether oxygens (including phenoxy) is 1. The van der Waals surface area contributed by atoms with Crippen LogP contribution in [0.2, 0.25) is 0 Å². The van der Waals surface area contributed by atoms with Crippen LogP contribution < -0.4 is 5.32 Å². The summed E-state index contributed by atoms with van der Waals surface area (Å²) in [7, 11) is 1.69. The highest BCUT2D eigenvalue weighted by Gasteiger charge is 2.33. The van der Waals surface area contributed by atoms with Gasteiger partial charge in [0.15, 0.2) is 0 Å². The molecule has 2 aromatic rings. The van der Waals surface area contributed by atoms with E-state index in [0.717, 1.165) is 62.6 Å². The molecule has 1 aromatic carbocycles. The summed E-state index contributed by atoms with van der Waals surface area (Å²) >= 11 is 0. The van der Waals surface area contributed by atoms with Gasteiger partial charge in [-0.25, -0.2) is 4.39 Å². The molecule has 31 heavy (non-hydrogen) atoms. The first-order valence-corrected chi connectivity index (χ1v) is 11.8. The molecule has 1 aromatic heterocycles. The minimum Gasteiger partial charge on any atom is -0.385 e. The first-order valence-electron chi connectivity index (χ1n) is 11.8. The van der Waals surface area contributed by atoms with Crippen LogP contribution in [0, 0.1) is 5.82 Å². The lowest BCUT2D eigenvalue weighted by molar-refractivity contribution is 0.0561. The summed E-state index contributed by atoms with van der Waals surface area (Å²) in [5.74, 6) is -0.217. The number of aromatic nitrogens is 1. The fourth-order valence-electron chi connectivity index (χ4n) is 4.94. The first kappa shape index (κ1) is 23.7. The first-order chi connectivity index (χ1) is 15.0. The molecule has 1 fully saturated rings. The zero-order chi connectivity index (χ0) is 22.4. The van der Waals surface area contributed by atoms with Crippen LogP contribution in [-0.4, -0.2) is 54.3 Å². The molecule has 5 nitrogen and oxygen atoms in total. The van der Waals surface area contributed by atoms with E-state index in [1.165, 1.54) is 6.07 Å². The van der Waals surface area contributed by atoms with Crippen LogP contribution in [0.4, 0.5) is 4.39 Å². The normalized spacial score (nSPS) is 16.9. The number of para-hydroxylation sites is 1. The van der Waals surface area contributed by atoms with Gasteiger partial charge in [0.25, 0.3) is 5.91 Å². The summed E-state index contributed by atoms with van der Waals surface area (Å²) in [6, 6.07) is 5.47. The number of carbonyl (C=O) groups is 1. The number of amides is 1. The van der Waals surface area contributed by atoms with Gasteiger partial charge in [-0.3, -0.25) is 4.79 Å². The molecule has 1 saturated heterocycles. The number of hydrogen-bond donors (Lipinski definition) is 1. The summed E-state index contributed by atoms with van der Waals surface area (Å²) in [6.07, 6.45) is 5.46. The number of halogens is 1. The van der Waals surface area contributed by atoms with Crippen molar-refractivity contribution in [1.29, 1.82) is 0 Å². The fraction of sp³-hybridized carbons (Fsp3) is 0.640. The molecular weight excluding hydrogens is 393 g/mol. The van der Waals surface area contributed by atoms with Crippen LogP contribution in [0.15, 0.2) is 18.2 Å². The van der Waals surface area contributed by atoms with E-state index in [2.05, 4.69) is 26.1 Å². The second-order valence-electron chi connectivity index (χ2n) is 8.87. The Balaban J connectivity index is 2.11. The molecule has 0 radical (unpaired) electrons. The van der Waals surface area contributed by atoms with E-state index in [9.17, 15) is 4.79 Å². The van der Waals surface area contributed by atoms with Gasteiger partial charge in [-0.1, -0.05) is 25.5 Å². The van der Waals surface area contributed by atoms with Crippen LogP contribution in [0.25, 0.3) is 10.9 Å². The Kier molecular flexibility index (Phi) is 8.50. The number of nitrogens with one attached hydrogen (secondary N) is 1. The SMILES string of the molecule is CCCc1c(C(=O)N(C(C)C)[C@@H]2CCCNC2)n(CCCCOC)c2c(F)cccc12. The van der Waals surface area contributed by atoms with Crippen LogP contribution in [0.5, 0.6) is 0 Å². The minimum atomic E-state index is -0.254. The summed E-state index contributed by atoms with van der Waals surface area (Å²) < 4.78 is 22.2. The van der Waals surface area contributed by atoms with Gasteiger partial charge in [0.1, 0.15) is 11.5 Å². The predicted octanol–water partition coefficient (Wildman–Crippen LogP) is 4.76. The molecule has 0 unspecified atom stereocenters. The Morgan fingerprint density at radius 2 is 2.16 bits per heavy atom. The minimum absolute atomic E-state index is 0.0366. The number of fused-ring (bicyclic) bond motifs is 1. The number of carbonyl (C=O) groups excluding carboxylic acids is 1. The van der Waals surface area contributed by atoms with Crippen molar-refractivity contribution in [3.05, 3.63) is 35.3 Å². The van der Waals surface area contributed by atoms with E-state index in [0.29, 0.717) is 24.4 Å². The van der Waals surface area contributed by atoms with E-state index in [-0.39, 0.29) is 23.8 Å². The molecule has 2 heterocycles. The molecule has 1 aliphatic rings. The van der Waals surface area contributed by atoms with Crippen molar-refractivity contribution >= 4 is 16.8 Å². The van der Waals surface area contributed by atoms with Crippen molar-refractivity contribution in [2.75, 3.05) is 26.8 Å². The average Bonchev–Trinajstić information content (AvgIpc) is 3.07. The lowest BCUT2D eigenvalue weighted by Crippen LogP contribution is -2.52. The second kappa shape index (κ2) is 11.1. The third-order valence-corrected chi connectivity index (χ3v) is 6.28. The summed E-state index contributed by atoms with van der Waals surface area (Å²) in [6.45, 7) is 9.37. The summed E-state index contributed by atoms with van der Waals surface area (Å²) in [5, 5.41) is 4.32. The number of methoxy groups -OCH3 is 1. The maximum atomic E-state index is 15.1. The molecule has 1 aliphatic heterocycles. The summed E-state index contributed by atoms with van der Waals surface area (Å²) in [4.78, 5) is 16.1. The van der Waals surface area contributed by atoms with E-state index in [1.807, 2.05) is 15.5 Å². The van der Waals surface area contributed by atoms with E-state index in [1.54, 1.807) is 13.2 Å². The maximum absolute atomic E-state index is 15.1. The van der Waals surface area contributed by atoms with Gasteiger partial charge in [0, 0.05) is 44.3 Å². The smallest absolute Gasteiger partial charge is 0.271 e. The molecule has 0 saturated carbocycles. The van der Waals surface area contributed by atoms with E-state index >= 15 is 4.39 Å². The van der Waals surface area contributed by atoms with Gasteiger partial charge in [-0.2, -0.15) is 0 Å². The molecule has 1 amide bonds. The zero-order valence-electron chi connectivity index (χ0n) is 19.5. The maximum Gasteiger partial charge on any atom is 0.271 e. The fourth-order valence-corrected chi connectivity index (χ4v) is 4.94. The third-order valence-electron chi connectivity index (χ3n) is 6.28. The average molecular weight is 432 g/mol. The van der Waals surface area contributed by atoms with Crippen LogP contribution in [0.3, 0.4) is 0 Å². The third kappa shape index (κ3) is 5.12. The molecule has 172 valence electrons. The van der Waals surface area contributed by atoms with Gasteiger partial charge in [0.2, 0.25) is 0 Å². The lowest BCUT2D eigenvalue weighted by Gasteiger charge is -2.38. The predicted molar refractivity (Wildman–Crippen MR) is 124 cm³/mol. The molecule has 1 N–H and O–H groups in total. The lowest BCUT2D eigenvalue weighted by atomic mass is 10.0. The Labute approximate surface area is 185 Å². The molecule has 0 bridgehead atoms. The monoisotopic (exact) mass is 431 g/mol. The van der Waals surface area contributed by atoms with E-state index in [4.69, 9.17) is 4.74 Å². The van der Waals surface area contributed by atoms with Gasteiger partial charge in [-0.05, 0) is 64.1 Å². The molecule has 6 heteroatoms. The largest absolute Gasteiger partial charge is 0.385 e. The van der Waals surface area contributed by atoms with Gasteiger partial charge in [-0.15, -0.1) is 0 Å². The van der Waals surface area contributed by atoms with Crippen molar-refractivity contribution < 1.29 is 13.9 Å². The molecule has 0 spiro atoms. The molecule has 0 aliphatic carbocycles. The standard InChI is InChI=1S/C25H38FN3O2/c1-5-10-20-21-12-8-13-22(26)23(21)28(15-6-7-16-31-4)24(20)25(30)29(18(2)3)19-11-9-14-27-17-19/h8,12-13,18-19,27H,5-7,9-11,14-17H2,1-4H3/t19-/m1/s1. The van der Waals surface area contributed by atoms with Crippen molar-refractivity contribution in [2.24, 2.45) is 0 Å². The van der Waals surface area contributed by atoms with Crippen molar-refractivity contribution in [1.82, 2.24) is 14.8 Å². The van der Waals surface area contributed by atoms with E-state index < -0.39 is 0 Å². The quantitative estimate of drug-likeness (QED) is 0.552. The summed E-state index contributed by atoms with van der Waals surface area (Å²) in [5.41, 5.74) is 2.24. The Hall–Kier alpha value is -1.92. The second-order valence-corrected chi connectivity index (χ2v) is 8.87. The number of rotatable bonds is 10. The molecule has 3 rings (SSSR count). The highest BCUT2D eigenvalue weighted by atomic mass is 19.1. The topological polar surface area (TPSA) is 46.5 Å². The van der Waals surface area contributed by atoms with Crippen LogP contribution >= 0.6 is 0 Å². The highest BCUT2D eigenvalue weighted by Crippen LogP contribution is 2.32. The van der Waals surface area contributed by atoms with Crippen LogP contribution in [-0.2, 0) is 17.7 Å². The van der Waals surface area contributed by atoms with Crippen molar-refractivity contribution in [3.8, 4) is 0 Å². The Morgan fingerprint density at radius 1 is 1.35 bits per heavy atom. The highest BCUT2D eigenvalue weighted by molar-refractivity contribution is 6.02. The van der Waals surface area contributed by atoms with Crippen molar-refractivity contribution in [3.63, 3.8) is 0 Å². The number of aryl methyl sites for hydroxylation is 2. The number of piperidine rings is 1.